The van der Waals surface area contributed by atoms with Crippen molar-refractivity contribution in [2.24, 2.45) is 0 Å². The second-order valence-electron chi connectivity index (χ2n) is 14.0. The Morgan fingerprint density at radius 1 is 0.467 bits per heavy atom. The van der Waals surface area contributed by atoms with Gasteiger partial charge in [-0.05, 0) is 49.3 Å². The number of benzene rings is 5. The van der Waals surface area contributed by atoms with Gasteiger partial charge in [-0.1, -0.05) is 180 Å². The van der Waals surface area contributed by atoms with Gasteiger partial charge in [0.2, 0.25) is 10.3 Å². The lowest BCUT2D eigenvalue weighted by Gasteiger charge is -2.03. The molecule has 0 saturated heterocycles. The highest BCUT2D eigenvalue weighted by atomic mass is 32.1. The maximum absolute atomic E-state index is 13.5. The number of allylic oxidation sites excluding steroid dienone is 2. The lowest BCUT2D eigenvalue weighted by Crippen LogP contribution is -1.98. The molecule has 0 unspecified atom stereocenters. The van der Waals surface area contributed by atoms with E-state index in [2.05, 4.69) is 12.1 Å². The fourth-order valence-corrected chi connectivity index (χ4v) is 8.70. The Morgan fingerprint density at radius 3 is 1.15 bits per heavy atom. The summed E-state index contributed by atoms with van der Waals surface area (Å²) in [7, 11) is 0. The molecule has 0 saturated carbocycles. The molecule has 0 fully saturated rings. The number of nitrogens with zero attached hydrogens (tertiary/aromatic N) is 6. The van der Waals surface area contributed by atoms with E-state index in [0.29, 0.717) is 31.4 Å². The van der Waals surface area contributed by atoms with E-state index in [-0.39, 0.29) is 11.6 Å². The molecule has 4 aromatic heterocycles. The highest BCUT2D eigenvalue weighted by Crippen LogP contribution is 2.33. The smallest absolute Gasteiger partial charge is 0.211 e. The van der Waals surface area contributed by atoms with Crippen LogP contribution in [0, 0.1) is 13.8 Å². The van der Waals surface area contributed by atoms with Gasteiger partial charge in [-0.3, -0.25) is 9.59 Å². The SMILES string of the molecule is Cc1nc(-n2nc(-c3ccccc3)cc2-c2ccccc2)sc1C(=O)/C=C/c1ccc(/C=C/C(=O)c2sc(-n3nc(-c4ccccc4)cc3-c3ccccc3)nc2C)cc1. The molecular formula is C50H36N6O2S2. The summed E-state index contributed by atoms with van der Waals surface area (Å²) >= 11 is 2.65. The van der Waals surface area contributed by atoms with Gasteiger partial charge in [0, 0.05) is 22.3 Å². The molecule has 60 heavy (non-hydrogen) atoms. The van der Waals surface area contributed by atoms with E-state index >= 15 is 0 Å². The van der Waals surface area contributed by atoms with Crippen LogP contribution in [0.5, 0.6) is 0 Å². The standard InChI is InChI=1S/C50H36N6O2S2/c1-33-47(59-49(51-33)55-43(39-19-11-5-12-20-39)31-41(53-55)37-15-7-3-8-16-37)45(57)29-27-35-23-25-36(26-24-35)28-30-46(58)48-34(2)52-50(60-48)56-44(40-21-13-6-14-22-40)32-42(54-56)38-17-9-4-10-18-38/h3-32H,1-2H3/b29-27+,30-28+. The summed E-state index contributed by atoms with van der Waals surface area (Å²) in [5, 5.41) is 11.1. The molecule has 0 bridgehead atoms. The van der Waals surface area contributed by atoms with Gasteiger partial charge in [0.15, 0.2) is 11.6 Å². The van der Waals surface area contributed by atoms with Crippen molar-refractivity contribution in [3.8, 4) is 55.3 Å². The zero-order valence-corrected chi connectivity index (χ0v) is 34.3. The maximum Gasteiger partial charge on any atom is 0.211 e. The number of thiazole rings is 2. The molecule has 290 valence electrons. The normalized spacial score (nSPS) is 11.5. The Bertz CT molecular complexity index is 2810. The largest absolute Gasteiger partial charge is 0.288 e. The molecule has 0 spiro atoms. The molecule has 0 atom stereocenters. The maximum atomic E-state index is 13.5. The van der Waals surface area contributed by atoms with E-state index in [9.17, 15) is 9.59 Å². The van der Waals surface area contributed by atoms with Crippen LogP contribution in [0.1, 0.15) is 41.9 Å². The van der Waals surface area contributed by atoms with E-state index in [1.54, 1.807) is 24.3 Å². The third-order valence-electron chi connectivity index (χ3n) is 9.87. The van der Waals surface area contributed by atoms with Crippen LogP contribution < -0.4 is 0 Å². The average Bonchev–Trinajstić information content (AvgIpc) is 4.11. The number of hydrogen-bond acceptors (Lipinski definition) is 8. The molecule has 9 aromatic rings. The lowest BCUT2D eigenvalue weighted by molar-refractivity contribution is 0.104. The number of hydrogen-bond donors (Lipinski definition) is 0. The topological polar surface area (TPSA) is 95.6 Å². The Balaban J connectivity index is 0.899. The third-order valence-corrected chi connectivity index (χ3v) is 12.2. The zero-order valence-electron chi connectivity index (χ0n) is 32.6. The van der Waals surface area contributed by atoms with Gasteiger partial charge in [0.05, 0.1) is 43.9 Å². The highest BCUT2D eigenvalue weighted by Gasteiger charge is 2.21. The van der Waals surface area contributed by atoms with E-state index < -0.39 is 0 Å². The summed E-state index contributed by atoms with van der Waals surface area (Å²) in [6.07, 6.45) is 6.73. The van der Waals surface area contributed by atoms with Gasteiger partial charge in [-0.25, -0.2) is 19.3 Å². The van der Waals surface area contributed by atoms with Gasteiger partial charge in [-0.15, -0.1) is 0 Å². The van der Waals surface area contributed by atoms with Crippen LogP contribution in [0.15, 0.2) is 170 Å². The molecule has 0 aliphatic rings. The van der Waals surface area contributed by atoms with Crippen molar-refractivity contribution < 1.29 is 9.59 Å². The fourth-order valence-electron chi connectivity index (χ4n) is 6.80. The molecule has 0 radical (unpaired) electrons. The number of rotatable bonds is 12. The Kier molecular flexibility index (Phi) is 10.7. The molecule has 8 nitrogen and oxygen atoms in total. The number of aryl methyl sites for hydroxylation is 2. The van der Waals surface area contributed by atoms with Crippen molar-refractivity contribution in [2.45, 2.75) is 13.8 Å². The summed E-state index contributed by atoms with van der Waals surface area (Å²) in [6, 6.07) is 51.9. The summed E-state index contributed by atoms with van der Waals surface area (Å²) in [6.45, 7) is 3.70. The summed E-state index contributed by atoms with van der Waals surface area (Å²) < 4.78 is 3.65. The van der Waals surface area contributed by atoms with E-state index in [0.717, 1.165) is 56.2 Å². The second-order valence-corrected chi connectivity index (χ2v) is 16.0. The van der Waals surface area contributed by atoms with Gasteiger partial charge in [0.25, 0.3) is 0 Å². The van der Waals surface area contributed by atoms with Crippen molar-refractivity contribution in [3.63, 3.8) is 0 Å². The quantitative estimate of drug-likeness (QED) is 0.0900. The van der Waals surface area contributed by atoms with Crippen LogP contribution in [-0.4, -0.2) is 41.1 Å². The third kappa shape index (κ3) is 8.02. The Hall–Kier alpha value is -7.40. The van der Waals surface area contributed by atoms with Crippen molar-refractivity contribution in [2.75, 3.05) is 0 Å². The van der Waals surface area contributed by atoms with E-state index in [4.69, 9.17) is 20.2 Å². The van der Waals surface area contributed by atoms with E-state index in [1.807, 2.05) is 169 Å². The van der Waals surface area contributed by atoms with Crippen molar-refractivity contribution in [3.05, 3.63) is 202 Å². The number of carbonyl (C=O) groups is 2. The van der Waals surface area contributed by atoms with Crippen LogP contribution >= 0.6 is 22.7 Å². The Labute approximate surface area is 355 Å². The molecule has 0 amide bonds. The first-order valence-corrected chi connectivity index (χ1v) is 20.9. The number of aromatic nitrogens is 6. The molecular weight excluding hydrogens is 781 g/mol. The monoisotopic (exact) mass is 816 g/mol. The molecule has 10 heteroatoms. The van der Waals surface area contributed by atoms with E-state index in [1.165, 1.54) is 22.7 Å². The van der Waals surface area contributed by atoms with Gasteiger partial charge in [0.1, 0.15) is 0 Å². The molecule has 0 aliphatic carbocycles. The minimum atomic E-state index is -0.135. The summed E-state index contributed by atoms with van der Waals surface area (Å²) in [4.78, 5) is 37.7. The average molecular weight is 817 g/mol. The van der Waals surface area contributed by atoms with Crippen LogP contribution in [0.4, 0.5) is 0 Å². The predicted molar refractivity (Wildman–Crippen MR) is 243 cm³/mol. The molecule has 5 aromatic carbocycles. The van der Waals surface area contributed by atoms with Crippen LogP contribution in [0.2, 0.25) is 0 Å². The fraction of sp³-hybridized carbons (Fsp3) is 0.0400. The van der Waals surface area contributed by atoms with Crippen molar-refractivity contribution in [1.29, 1.82) is 0 Å². The summed E-state index contributed by atoms with van der Waals surface area (Å²) in [5.74, 6) is -0.270. The van der Waals surface area contributed by atoms with Gasteiger partial charge >= 0.3 is 0 Å². The van der Waals surface area contributed by atoms with Crippen LogP contribution in [0.3, 0.4) is 0 Å². The van der Waals surface area contributed by atoms with Gasteiger partial charge in [-0.2, -0.15) is 10.2 Å². The highest BCUT2D eigenvalue weighted by molar-refractivity contribution is 7.16. The first kappa shape index (κ1) is 38.1. The van der Waals surface area contributed by atoms with Crippen LogP contribution in [0.25, 0.3) is 67.4 Å². The number of carbonyl (C=O) groups excluding carboxylic acids is 2. The van der Waals surface area contributed by atoms with Gasteiger partial charge < -0.3 is 0 Å². The zero-order chi connectivity index (χ0) is 41.0. The Morgan fingerprint density at radius 2 is 0.800 bits per heavy atom. The first-order chi connectivity index (χ1) is 29.4. The van der Waals surface area contributed by atoms with Crippen LogP contribution in [-0.2, 0) is 0 Å². The van der Waals surface area contributed by atoms with Crippen molar-refractivity contribution >= 4 is 46.4 Å². The minimum Gasteiger partial charge on any atom is -0.288 e. The summed E-state index contributed by atoms with van der Waals surface area (Å²) in [5.41, 5.74) is 10.4. The molecule has 0 N–H and O–H groups in total. The number of ketones is 2. The molecule has 0 aliphatic heterocycles. The molecule has 4 heterocycles. The minimum absolute atomic E-state index is 0.135. The second kappa shape index (κ2) is 16.8. The molecule has 9 rings (SSSR count). The lowest BCUT2D eigenvalue weighted by atomic mass is 10.1. The predicted octanol–water partition coefficient (Wildman–Crippen LogP) is 12.0. The van der Waals surface area contributed by atoms with Crippen molar-refractivity contribution in [1.82, 2.24) is 29.5 Å². The first-order valence-electron chi connectivity index (χ1n) is 19.3.